The summed E-state index contributed by atoms with van der Waals surface area (Å²) in [6.07, 6.45) is 8.33. The number of fused-ring (bicyclic) bond motifs is 1. The summed E-state index contributed by atoms with van der Waals surface area (Å²) in [6, 6.07) is 42.9. The Morgan fingerprint density at radius 1 is 0.628 bits per heavy atom. The van der Waals surface area contributed by atoms with Gasteiger partial charge in [0.1, 0.15) is 0 Å². The largest absolute Gasteiger partial charge is 0.478 e. The highest BCUT2D eigenvalue weighted by Gasteiger charge is 2.34. The second-order valence-corrected chi connectivity index (χ2v) is 11.1. The molecule has 43 heavy (non-hydrogen) atoms. The Kier molecular flexibility index (Phi) is 7.59. The molecule has 4 heteroatoms. The van der Waals surface area contributed by atoms with Crippen molar-refractivity contribution in [3.63, 3.8) is 0 Å². The molecule has 4 nitrogen and oxygen atoms in total. The van der Waals surface area contributed by atoms with Crippen molar-refractivity contribution >= 4 is 52.7 Å². The summed E-state index contributed by atoms with van der Waals surface area (Å²) in [4.78, 5) is 18.5. The lowest BCUT2D eigenvalue weighted by Gasteiger charge is -2.25. The number of carboxylic acids is 1. The molecule has 1 aliphatic rings. The zero-order valence-electron chi connectivity index (χ0n) is 24.2. The first kappa shape index (κ1) is 27.7. The van der Waals surface area contributed by atoms with Crippen molar-refractivity contribution in [2.75, 3.05) is 4.90 Å². The molecule has 0 saturated heterocycles. The first-order chi connectivity index (χ1) is 20.9. The van der Waals surface area contributed by atoms with Gasteiger partial charge in [-0.2, -0.15) is 0 Å². The quantitative estimate of drug-likeness (QED) is 0.192. The van der Waals surface area contributed by atoms with Crippen LogP contribution < -0.4 is 4.90 Å². The molecule has 210 valence electrons. The molecule has 0 unspecified atom stereocenters. The van der Waals surface area contributed by atoms with Gasteiger partial charge >= 0.3 is 5.97 Å². The monoisotopic (exact) mass is 560 g/mol. The van der Waals surface area contributed by atoms with Gasteiger partial charge < -0.3 is 10.0 Å². The molecule has 1 N–H and O–H groups in total. The first-order valence-corrected chi connectivity index (χ1v) is 14.3. The fraction of sp³-hybridized carbons (Fsp3) is 0.0769. The van der Waals surface area contributed by atoms with Crippen molar-refractivity contribution < 1.29 is 9.90 Å². The van der Waals surface area contributed by atoms with Gasteiger partial charge in [-0.25, -0.2) is 4.79 Å². The SMILES string of the molecule is CC1(C)C(/C=C/c2ccc(/C=C/c3ccc(N(c4ccccc4)c4ccccc4)cc3)cc2)=Nc2ccc(C(=O)O)cc21. The van der Waals surface area contributed by atoms with Gasteiger partial charge in [-0.05, 0) is 82.9 Å². The smallest absolute Gasteiger partial charge is 0.335 e. The Labute approximate surface area is 252 Å². The lowest BCUT2D eigenvalue weighted by atomic mass is 9.80. The zero-order valence-corrected chi connectivity index (χ0v) is 24.2. The van der Waals surface area contributed by atoms with Gasteiger partial charge in [0, 0.05) is 22.5 Å². The van der Waals surface area contributed by atoms with Crippen LogP contribution in [0.25, 0.3) is 18.2 Å². The number of hydrogen-bond acceptors (Lipinski definition) is 3. The van der Waals surface area contributed by atoms with Gasteiger partial charge in [0.25, 0.3) is 0 Å². The summed E-state index contributed by atoms with van der Waals surface area (Å²) in [5.41, 5.74) is 9.25. The number of hydrogen-bond donors (Lipinski definition) is 1. The first-order valence-electron chi connectivity index (χ1n) is 14.3. The molecule has 5 aromatic carbocycles. The van der Waals surface area contributed by atoms with Crippen LogP contribution in [0.15, 0.2) is 138 Å². The number of allylic oxidation sites excluding steroid dienone is 1. The second-order valence-electron chi connectivity index (χ2n) is 11.1. The third kappa shape index (κ3) is 5.95. The molecule has 0 radical (unpaired) electrons. The van der Waals surface area contributed by atoms with E-state index in [1.165, 1.54) is 0 Å². The molecular weight excluding hydrogens is 528 g/mol. The van der Waals surface area contributed by atoms with E-state index in [1.54, 1.807) is 18.2 Å². The van der Waals surface area contributed by atoms with Crippen LogP contribution in [0.1, 0.15) is 46.5 Å². The maximum atomic E-state index is 11.4. The Balaban J connectivity index is 1.14. The summed E-state index contributed by atoms with van der Waals surface area (Å²) in [6.45, 7) is 4.16. The Hall–Kier alpha value is -5.48. The summed E-state index contributed by atoms with van der Waals surface area (Å²) >= 11 is 0. The normalized spacial score (nSPS) is 13.7. The highest BCUT2D eigenvalue weighted by molar-refractivity contribution is 6.10. The minimum Gasteiger partial charge on any atom is -0.478 e. The van der Waals surface area contributed by atoms with Crippen LogP contribution in [-0.4, -0.2) is 16.8 Å². The number of benzene rings is 5. The number of carbonyl (C=O) groups is 1. The van der Waals surface area contributed by atoms with E-state index in [0.717, 1.165) is 50.7 Å². The van der Waals surface area contributed by atoms with Crippen molar-refractivity contribution in [1.82, 2.24) is 0 Å². The van der Waals surface area contributed by atoms with Gasteiger partial charge in [0.05, 0.1) is 17.0 Å². The molecule has 0 aromatic heterocycles. The van der Waals surface area contributed by atoms with Crippen LogP contribution in [0.2, 0.25) is 0 Å². The summed E-state index contributed by atoms with van der Waals surface area (Å²) in [5, 5.41) is 9.38. The minimum absolute atomic E-state index is 0.285. The van der Waals surface area contributed by atoms with Gasteiger partial charge in [0.2, 0.25) is 0 Å². The molecule has 5 aromatic rings. The maximum absolute atomic E-state index is 11.4. The number of para-hydroxylation sites is 2. The predicted molar refractivity (Wildman–Crippen MR) is 179 cm³/mol. The Bertz CT molecular complexity index is 1790. The molecule has 0 aliphatic carbocycles. The number of aliphatic imine (C=N–C) groups is 1. The molecule has 1 heterocycles. The average Bonchev–Trinajstić information content (AvgIpc) is 3.30. The lowest BCUT2D eigenvalue weighted by molar-refractivity contribution is 0.0696. The molecule has 0 spiro atoms. The van der Waals surface area contributed by atoms with Crippen LogP contribution in [0.3, 0.4) is 0 Å². The van der Waals surface area contributed by atoms with Crippen molar-refractivity contribution in [1.29, 1.82) is 0 Å². The van der Waals surface area contributed by atoms with Gasteiger partial charge in [-0.1, -0.05) is 105 Å². The molecule has 0 saturated carbocycles. The second kappa shape index (κ2) is 11.8. The van der Waals surface area contributed by atoms with Crippen LogP contribution in [0.4, 0.5) is 22.7 Å². The van der Waals surface area contributed by atoms with E-state index in [-0.39, 0.29) is 11.0 Å². The Morgan fingerprint density at radius 3 is 1.60 bits per heavy atom. The molecule has 0 atom stereocenters. The predicted octanol–water partition coefficient (Wildman–Crippen LogP) is 10.1. The molecule has 0 fully saturated rings. The van der Waals surface area contributed by atoms with Gasteiger partial charge in [-0.3, -0.25) is 4.99 Å². The zero-order chi connectivity index (χ0) is 29.8. The summed E-state index contributed by atoms with van der Waals surface area (Å²) in [5.74, 6) is -0.925. The van der Waals surface area contributed by atoms with E-state index in [2.05, 4.69) is 134 Å². The molecule has 0 bridgehead atoms. The van der Waals surface area contributed by atoms with Gasteiger partial charge in [0.15, 0.2) is 0 Å². The van der Waals surface area contributed by atoms with E-state index < -0.39 is 5.97 Å². The molecule has 6 rings (SSSR count). The fourth-order valence-electron chi connectivity index (χ4n) is 5.34. The van der Waals surface area contributed by atoms with Crippen molar-refractivity contribution in [2.24, 2.45) is 4.99 Å². The van der Waals surface area contributed by atoms with Crippen LogP contribution in [-0.2, 0) is 5.41 Å². The molecule has 1 aliphatic heterocycles. The van der Waals surface area contributed by atoms with Gasteiger partial charge in [-0.15, -0.1) is 0 Å². The molecule has 0 amide bonds. The highest BCUT2D eigenvalue weighted by atomic mass is 16.4. The van der Waals surface area contributed by atoms with E-state index in [0.29, 0.717) is 0 Å². The third-order valence-electron chi connectivity index (χ3n) is 7.82. The van der Waals surface area contributed by atoms with Crippen LogP contribution >= 0.6 is 0 Å². The number of nitrogens with zero attached hydrogens (tertiary/aromatic N) is 2. The standard InChI is InChI=1S/C39H32N2O2/c1-39(2)35-27-31(38(42)43)22-25-36(35)40-37(39)26-21-29-16-13-28(14-17-29)15-18-30-19-23-34(24-20-30)41(32-9-5-3-6-10-32)33-11-7-4-8-12-33/h3-27H,1-2H3,(H,42,43)/b18-15+,26-21+. The average molecular weight is 561 g/mol. The van der Waals surface area contributed by atoms with E-state index in [1.807, 2.05) is 18.2 Å². The third-order valence-corrected chi connectivity index (χ3v) is 7.82. The van der Waals surface area contributed by atoms with Crippen LogP contribution in [0, 0.1) is 0 Å². The number of rotatable bonds is 8. The van der Waals surface area contributed by atoms with Crippen molar-refractivity contribution in [3.05, 3.63) is 161 Å². The Morgan fingerprint density at radius 2 is 1.09 bits per heavy atom. The lowest BCUT2D eigenvalue weighted by Crippen LogP contribution is -2.24. The minimum atomic E-state index is -0.925. The van der Waals surface area contributed by atoms with Crippen molar-refractivity contribution in [2.45, 2.75) is 19.3 Å². The van der Waals surface area contributed by atoms with Crippen molar-refractivity contribution in [3.8, 4) is 0 Å². The number of aromatic carboxylic acids is 1. The van der Waals surface area contributed by atoms with E-state index >= 15 is 0 Å². The van der Waals surface area contributed by atoms with E-state index in [9.17, 15) is 9.90 Å². The van der Waals surface area contributed by atoms with E-state index in [4.69, 9.17) is 4.99 Å². The fourth-order valence-corrected chi connectivity index (χ4v) is 5.34. The molecular formula is C39H32N2O2. The maximum Gasteiger partial charge on any atom is 0.335 e. The summed E-state index contributed by atoms with van der Waals surface area (Å²) in [7, 11) is 0. The highest BCUT2D eigenvalue weighted by Crippen LogP contribution is 2.41. The summed E-state index contributed by atoms with van der Waals surface area (Å²) < 4.78 is 0. The van der Waals surface area contributed by atoms with Crippen LogP contribution in [0.5, 0.6) is 0 Å². The number of anilines is 3. The number of carboxylic acid groups (broad SMARTS) is 1. The topological polar surface area (TPSA) is 52.9 Å².